The lowest BCUT2D eigenvalue weighted by Crippen LogP contribution is -1.97. The Labute approximate surface area is 141 Å². The molecular weight excluding hydrogens is 338 g/mol. The van der Waals surface area contributed by atoms with Crippen LogP contribution >= 0.6 is 15.9 Å². The first kappa shape index (κ1) is 16.8. The van der Waals surface area contributed by atoms with Crippen LogP contribution in [0.2, 0.25) is 0 Å². The fourth-order valence-electron chi connectivity index (χ4n) is 2.51. The minimum Gasteiger partial charge on any atom is -0.272 e. The van der Waals surface area contributed by atoms with Gasteiger partial charge in [-0.05, 0) is 30.2 Å². The molecule has 0 N–H and O–H groups in total. The summed E-state index contributed by atoms with van der Waals surface area (Å²) >= 11 is 3.45. The molecule has 22 heavy (non-hydrogen) atoms. The van der Waals surface area contributed by atoms with Crippen molar-refractivity contribution in [1.29, 1.82) is 5.26 Å². The van der Waals surface area contributed by atoms with Crippen LogP contribution < -0.4 is 0 Å². The molecule has 116 valence electrons. The van der Waals surface area contributed by atoms with E-state index in [1.807, 2.05) is 29.1 Å². The molecule has 0 amide bonds. The highest BCUT2D eigenvalue weighted by molar-refractivity contribution is 9.10. The predicted molar refractivity (Wildman–Crippen MR) is 93.5 cm³/mol. The molecule has 2 rings (SSSR count). The number of aryl methyl sites for hydroxylation is 1. The maximum atomic E-state index is 9.05. The summed E-state index contributed by atoms with van der Waals surface area (Å²) in [6.45, 7) is 3.20. The second-order valence-electron chi connectivity index (χ2n) is 5.60. The first-order chi connectivity index (χ1) is 10.7. The summed E-state index contributed by atoms with van der Waals surface area (Å²) < 4.78 is 2.92. The largest absolute Gasteiger partial charge is 0.272 e. The number of benzene rings is 1. The van der Waals surface area contributed by atoms with Crippen LogP contribution in [-0.4, -0.2) is 9.78 Å². The van der Waals surface area contributed by atoms with Crippen LogP contribution in [-0.2, 0) is 6.54 Å². The molecule has 0 aliphatic heterocycles. The maximum Gasteiger partial charge on any atom is 0.0992 e. The zero-order valence-corrected chi connectivity index (χ0v) is 14.6. The minimum atomic E-state index is 0.660. The van der Waals surface area contributed by atoms with Gasteiger partial charge in [0.05, 0.1) is 17.8 Å². The molecule has 1 aromatic carbocycles. The van der Waals surface area contributed by atoms with Crippen molar-refractivity contribution in [2.45, 2.75) is 52.0 Å². The summed E-state index contributed by atoms with van der Waals surface area (Å²) in [7, 11) is 0. The van der Waals surface area contributed by atoms with Crippen LogP contribution in [0.1, 0.15) is 51.0 Å². The molecule has 1 aromatic heterocycles. The van der Waals surface area contributed by atoms with Crippen molar-refractivity contribution in [1.82, 2.24) is 9.78 Å². The van der Waals surface area contributed by atoms with Crippen molar-refractivity contribution in [2.24, 2.45) is 0 Å². The molecule has 0 bridgehead atoms. The molecule has 0 saturated carbocycles. The molecule has 4 heteroatoms. The van der Waals surface area contributed by atoms with Gasteiger partial charge in [0, 0.05) is 22.8 Å². The third-order valence-corrected chi connectivity index (χ3v) is 4.19. The number of rotatable bonds is 8. The number of hydrogen-bond acceptors (Lipinski definition) is 2. The van der Waals surface area contributed by atoms with Gasteiger partial charge >= 0.3 is 0 Å². The van der Waals surface area contributed by atoms with E-state index in [-0.39, 0.29) is 0 Å². The lowest BCUT2D eigenvalue weighted by atomic mass is 10.1. The first-order valence-electron chi connectivity index (χ1n) is 7.96. The Morgan fingerprint density at radius 1 is 1.09 bits per heavy atom. The second kappa shape index (κ2) is 8.75. The lowest BCUT2D eigenvalue weighted by Gasteiger charge is -2.02. The third-order valence-electron chi connectivity index (χ3n) is 3.73. The summed E-state index contributed by atoms with van der Waals surface area (Å²) in [5.41, 5.74) is 2.75. The summed E-state index contributed by atoms with van der Waals surface area (Å²) in [4.78, 5) is 0. The second-order valence-corrected chi connectivity index (χ2v) is 6.52. The molecule has 0 saturated heterocycles. The molecule has 0 unspecified atom stereocenters. The van der Waals surface area contributed by atoms with Crippen LogP contribution in [0.5, 0.6) is 0 Å². The van der Waals surface area contributed by atoms with Crippen molar-refractivity contribution < 1.29 is 0 Å². The van der Waals surface area contributed by atoms with E-state index >= 15 is 0 Å². The van der Waals surface area contributed by atoms with E-state index in [1.54, 1.807) is 0 Å². The highest BCUT2D eigenvalue weighted by atomic mass is 79.9. The summed E-state index contributed by atoms with van der Waals surface area (Å²) in [5, 5.41) is 13.5. The van der Waals surface area contributed by atoms with Crippen molar-refractivity contribution >= 4 is 15.9 Å². The normalized spacial score (nSPS) is 10.6. The molecular formula is C18H22BrN3. The van der Waals surface area contributed by atoms with Gasteiger partial charge in [0.1, 0.15) is 0 Å². The highest BCUT2D eigenvalue weighted by Gasteiger charge is 2.05. The van der Waals surface area contributed by atoms with Gasteiger partial charge in [0.25, 0.3) is 0 Å². The summed E-state index contributed by atoms with van der Waals surface area (Å²) in [5.74, 6) is 0. The molecule has 1 heterocycles. The fourth-order valence-corrected chi connectivity index (χ4v) is 3.00. The van der Waals surface area contributed by atoms with Gasteiger partial charge < -0.3 is 0 Å². The number of unbranched alkanes of at least 4 members (excludes halogenated alkanes) is 5. The Morgan fingerprint density at radius 3 is 2.64 bits per heavy atom. The van der Waals surface area contributed by atoms with E-state index in [0.717, 1.165) is 22.1 Å². The van der Waals surface area contributed by atoms with E-state index in [1.165, 1.54) is 38.5 Å². The number of nitrogens with zero attached hydrogens (tertiary/aromatic N) is 3. The van der Waals surface area contributed by atoms with E-state index in [2.05, 4.69) is 40.2 Å². The fraction of sp³-hybridized carbons (Fsp3) is 0.444. The Balaban J connectivity index is 1.91. The topological polar surface area (TPSA) is 41.6 Å². The quantitative estimate of drug-likeness (QED) is 0.580. The van der Waals surface area contributed by atoms with Crippen LogP contribution in [0.15, 0.2) is 35.1 Å². The van der Waals surface area contributed by atoms with E-state index < -0.39 is 0 Å². The van der Waals surface area contributed by atoms with E-state index in [0.29, 0.717) is 5.56 Å². The molecule has 0 aliphatic carbocycles. The van der Waals surface area contributed by atoms with E-state index in [4.69, 9.17) is 5.26 Å². The summed E-state index contributed by atoms with van der Waals surface area (Å²) in [6, 6.07) is 7.93. The van der Waals surface area contributed by atoms with Gasteiger partial charge in [0.15, 0.2) is 0 Å². The zero-order valence-electron chi connectivity index (χ0n) is 13.1. The van der Waals surface area contributed by atoms with E-state index in [9.17, 15) is 0 Å². The zero-order chi connectivity index (χ0) is 15.8. The lowest BCUT2D eigenvalue weighted by molar-refractivity contribution is 0.527. The van der Waals surface area contributed by atoms with Crippen molar-refractivity contribution in [3.8, 4) is 17.2 Å². The van der Waals surface area contributed by atoms with Crippen LogP contribution in [0.3, 0.4) is 0 Å². The molecule has 2 aromatic rings. The Bertz CT molecular complexity index is 640. The molecule has 0 spiro atoms. The highest BCUT2D eigenvalue weighted by Crippen LogP contribution is 2.24. The van der Waals surface area contributed by atoms with Crippen LogP contribution in [0.4, 0.5) is 0 Å². The maximum absolute atomic E-state index is 9.05. The monoisotopic (exact) mass is 359 g/mol. The SMILES string of the molecule is CCCCCCCCn1cc(-c2cc(Br)cc(C#N)c2)cn1. The number of nitriles is 1. The van der Waals surface area contributed by atoms with Gasteiger partial charge in [-0.25, -0.2) is 0 Å². The van der Waals surface area contributed by atoms with Crippen molar-refractivity contribution in [2.75, 3.05) is 0 Å². The van der Waals surface area contributed by atoms with Crippen molar-refractivity contribution in [3.63, 3.8) is 0 Å². The minimum absolute atomic E-state index is 0.660. The Kier molecular flexibility index (Phi) is 6.67. The van der Waals surface area contributed by atoms with Gasteiger partial charge in [-0.2, -0.15) is 10.4 Å². The molecule has 0 radical (unpaired) electrons. The molecule has 0 fully saturated rings. The van der Waals surface area contributed by atoms with Gasteiger partial charge in [-0.15, -0.1) is 0 Å². The average Bonchev–Trinajstić information content (AvgIpc) is 2.99. The van der Waals surface area contributed by atoms with Crippen LogP contribution in [0.25, 0.3) is 11.1 Å². The molecule has 3 nitrogen and oxygen atoms in total. The molecule has 0 aliphatic rings. The Morgan fingerprint density at radius 2 is 1.86 bits per heavy atom. The van der Waals surface area contributed by atoms with Gasteiger partial charge in [-0.3, -0.25) is 4.68 Å². The van der Waals surface area contributed by atoms with Gasteiger partial charge in [-0.1, -0.05) is 55.0 Å². The van der Waals surface area contributed by atoms with Crippen LogP contribution in [0, 0.1) is 11.3 Å². The predicted octanol–water partition coefficient (Wildman–Crippen LogP) is 5.54. The number of hydrogen-bond donors (Lipinski definition) is 0. The number of aromatic nitrogens is 2. The Hall–Kier alpha value is -1.60. The van der Waals surface area contributed by atoms with Crippen molar-refractivity contribution in [3.05, 3.63) is 40.6 Å². The molecule has 0 atom stereocenters. The van der Waals surface area contributed by atoms with Gasteiger partial charge in [0.2, 0.25) is 0 Å². The first-order valence-corrected chi connectivity index (χ1v) is 8.75. The third kappa shape index (κ3) is 4.99. The smallest absolute Gasteiger partial charge is 0.0992 e. The summed E-state index contributed by atoms with van der Waals surface area (Å²) in [6.07, 6.45) is 11.7. The standard InChI is InChI=1S/C18H22BrN3/c1-2-3-4-5-6-7-8-22-14-17(13-21-22)16-9-15(12-20)10-18(19)11-16/h9-11,13-14H,2-8H2,1H3. The average molecular weight is 360 g/mol. The number of halogens is 1.